The van der Waals surface area contributed by atoms with Crippen molar-refractivity contribution in [1.29, 1.82) is 0 Å². The molecule has 0 radical (unpaired) electrons. The number of halogens is 1. The number of rotatable bonds is 0. The van der Waals surface area contributed by atoms with Gasteiger partial charge in [0.15, 0.2) is 5.43 Å². The molecule has 0 atom stereocenters. The van der Waals surface area contributed by atoms with Crippen molar-refractivity contribution in [3.05, 3.63) is 44.7 Å². The molecule has 0 amide bonds. The van der Waals surface area contributed by atoms with Crippen molar-refractivity contribution in [1.82, 2.24) is 4.98 Å². The summed E-state index contributed by atoms with van der Waals surface area (Å²) in [6.07, 6.45) is 1.73. The lowest BCUT2D eigenvalue weighted by Crippen LogP contribution is -2.05. The quantitative estimate of drug-likeness (QED) is 0.777. The number of nitrogens with one attached hydrogen (secondary N) is 1. The second-order valence-electron chi connectivity index (χ2n) is 2.99. The van der Waals surface area contributed by atoms with Crippen molar-refractivity contribution in [3.8, 4) is 0 Å². The van der Waals surface area contributed by atoms with Crippen molar-refractivity contribution < 1.29 is 0 Å². The van der Waals surface area contributed by atoms with Crippen LogP contribution in [0, 0.1) is 6.92 Å². The fourth-order valence-corrected chi connectivity index (χ4v) is 1.66. The van der Waals surface area contributed by atoms with Crippen molar-refractivity contribution >= 4 is 26.8 Å². The van der Waals surface area contributed by atoms with E-state index in [4.69, 9.17) is 0 Å². The molecule has 0 saturated heterocycles. The van der Waals surface area contributed by atoms with Crippen molar-refractivity contribution in [2.45, 2.75) is 20.8 Å². The van der Waals surface area contributed by atoms with Gasteiger partial charge in [-0.05, 0) is 25.1 Å². The largest absolute Gasteiger partial charge is 0.361 e. The third-order valence-corrected chi connectivity index (χ3v) is 2.52. The highest BCUT2D eigenvalue weighted by Gasteiger charge is 2.00. The van der Waals surface area contributed by atoms with E-state index in [0.717, 1.165) is 20.9 Å². The molecule has 0 unspecified atom stereocenters. The maximum absolute atomic E-state index is 11.6. The molecule has 2 rings (SSSR count). The van der Waals surface area contributed by atoms with Gasteiger partial charge in [0.25, 0.3) is 0 Å². The maximum atomic E-state index is 11.6. The Balaban J connectivity index is 0.000000531. The highest BCUT2D eigenvalue weighted by atomic mass is 79.9. The number of aryl methyl sites for hydroxylation is 1. The van der Waals surface area contributed by atoms with E-state index < -0.39 is 0 Å². The zero-order chi connectivity index (χ0) is 11.4. The second kappa shape index (κ2) is 5.12. The van der Waals surface area contributed by atoms with E-state index in [0.29, 0.717) is 0 Å². The van der Waals surface area contributed by atoms with Gasteiger partial charge in [-0.2, -0.15) is 0 Å². The normalized spacial score (nSPS) is 9.60. The van der Waals surface area contributed by atoms with Gasteiger partial charge in [0, 0.05) is 27.1 Å². The molecule has 0 aliphatic carbocycles. The second-order valence-corrected chi connectivity index (χ2v) is 3.91. The van der Waals surface area contributed by atoms with E-state index in [9.17, 15) is 4.79 Å². The monoisotopic (exact) mass is 267 g/mol. The molecule has 80 valence electrons. The minimum Gasteiger partial charge on any atom is -0.361 e. The summed E-state index contributed by atoms with van der Waals surface area (Å²) in [4.78, 5) is 14.7. The standard InChI is InChI=1S/C10H8BrNO.C2H6/c1-6-5-12-9-3-2-7(11)4-8(9)10(6)13;1-2/h2-5H,1H3,(H,12,13);1-2H3. The Labute approximate surface area is 97.5 Å². The van der Waals surface area contributed by atoms with Crippen LogP contribution >= 0.6 is 15.9 Å². The number of fused-ring (bicyclic) bond motifs is 1. The smallest absolute Gasteiger partial charge is 0.192 e. The first-order chi connectivity index (χ1) is 7.18. The highest BCUT2D eigenvalue weighted by molar-refractivity contribution is 9.10. The molecule has 1 N–H and O–H groups in total. The summed E-state index contributed by atoms with van der Waals surface area (Å²) in [5.74, 6) is 0. The van der Waals surface area contributed by atoms with Crippen LogP contribution in [-0.4, -0.2) is 4.98 Å². The number of hydrogen-bond donors (Lipinski definition) is 1. The topological polar surface area (TPSA) is 32.9 Å². The zero-order valence-corrected chi connectivity index (χ0v) is 10.7. The molecule has 0 aliphatic rings. The van der Waals surface area contributed by atoms with E-state index in [1.165, 1.54) is 0 Å². The Kier molecular flexibility index (Phi) is 4.09. The average molecular weight is 268 g/mol. The average Bonchev–Trinajstić information content (AvgIpc) is 2.27. The summed E-state index contributed by atoms with van der Waals surface area (Å²) in [6.45, 7) is 5.80. The number of benzene rings is 1. The van der Waals surface area contributed by atoms with Crippen LogP contribution in [0.4, 0.5) is 0 Å². The minimum absolute atomic E-state index is 0.0926. The molecule has 0 bridgehead atoms. The Morgan fingerprint density at radius 3 is 2.60 bits per heavy atom. The lowest BCUT2D eigenvalue weighted by atomic mass is 10.2. The summed E-state index contributed by atoms with van der Waals surface area (Å²) < 4.78 is 0.927. The van der Waals surface area contributed by atoms with Gasteiger partial charge in [0.1, 0.15) is 0 Å². The van der Waals surface area contributed by atoms with Gasteiger partial charge >= 0.3 is 0 Å². The molecular weight excluding hydrogens is 254 g/mol. The van der Waals surface area contributed by atoms with Crippen LogP contribution in [0.3, 0.4) is 0 Å². The zero-order valence-electron chi connectivity index (χ0n) is 9.10. The van der Waals surface area contributed by atoms with Gasteiger partial charge in [-0.3, -0.25) is 4.79 Å². The van der Waals surface area contributed by atoms with Gasteiger partial charge < -0.3 is 4.98 Å². The van der Waals surface area contributed by atoms with Crippen LogP contribution in [0.15, 0.2) is 33.7 Å². The van der Waals surface area contributed by atoms with E-state index in [-0.39, 0.29) is 5.43 Å². The fourth-order valence-electron chi connectivity index (χ4n) is 1.29. The molecule has 15 heavy (non-hydrogen) atoms. The molecule has 1 aromatic carbocycles. The molecule has 0 spiro atoms. The number of aromatic nitrogens is 1. The molecule has 1 heterocycles. The molecule has 2 aromatic rings. The van der Waals surface area contributed by atoms with Crippen LogP contribution in [0.5, 0.6) is 0 Å². The molecule has 0 fully saturated rings. The summed E-state index contributed by atoms with van der Waals surface area (Å²) in [5, 5.41) is 0.731. The Morgan fingerprint density at radius 2 is 1.93 bits per heavy atom. The Hall–Kier alpha value is -1.09. The van der Waals surface area contributed by atoms with Crippen LogP contribution in [-0.2, 0) is 0 Å². The van der Waals surface area contributed by atoms with Gasteiger partial charge in [-0.25, -0.2) is 0 Å². The maximum Gasteiger partial charge on any atom is 0.192 e. The van der Waals surface area contributed by atoms with E-state index in [1.807, 2.05) is 32.0 Å². The van der Waals surface area contributed by atoms with Gasteiger partial charge in [0.05, 0.1) is 0 Å². The van der Waals surface area contributed by atoms with Crippen LogP contribution in [0.1, 0.15) is 19.4 Å². The minimum atomic E-state index is 0.0926. The van der Waals surface area contributed by atoms with E-state index in [1.54, 1.807) is 13.1 Å². The lowest BCUT2D eigenvalue weighted by molar-refractivity contribution is 1.30. The van der Waals surface area contributed by atoms with Gasteiger partial charge in [-0.15, -0.1) is 0 Å². The number of pyridine rings is 1. The van der Waals surface area contributed by atoms with E-state index in [2.05, 4.69) is 20.9 Å². The van der Waals surface area contributed by atoms with Crippen molar-refractivity contribution in [2.75, 3.05) is 0 Å². The Bertz CT molecular complexity index is 511. The third kappa shape index (κ3) is 2.48. The van der Waals surface area contributed by atoms with E-state index >= 15 is 0 Å². The SMILES string of the molecule is CC.Cc1c[nH]c2ccc(Br)cc2c1=O. The number of hydrogen-bond acceptors (Lipinski definition) is 1. The van der Waals surface area contributed by atoms with Crippen molar-refractivity contribution in [2.24, 2.45) is 0 Å². The summed E-state index contributed by atoms with van der Waals surface area (Å²) in [5.41, 5.74) is 1.71. The summed E-state index contributed by atoms with van der Waals surface area (Å²) in [7, 11) is 0. The van der Waals surface area contributed by atoms with Crippen LogP contribution < -0.4 is 5.43 Å². The lowest BCUT2D eigenvalue weighted by Gasteiger charge is -1.99. The number of H-pyrrole nitrogens is 1. The molecular formula is C12H14BrNO. The molecule has 0 saturated carbocycles. The first-order valence-corrected chi connectivity index (χ1v) is 5.75. The predicted octanol–water partition coefficient (Wildman–Crippen LogP) is 3.63. The first-order valence-electron chi connectivity index (χ1n) is 4.96. The van der Waals surface area contributed by atoms with Gasteiger partial charge in [0.2, 0.25) is 0 Å². The summed E-state index contributed by atoms with van der Waals surface area (Å²) in [6, 6.07) is 5.63. The number of aromatic amines is 1. The van der Waals surface area contributed by atoms with Crippen LogP contribution in [0.25, 0.3) is 10.9 Å². The Morgan fingerprint density at radius 1 is 1.27 bits per heavy atom. The predicted molar refractivity (Wildman–Crippen MR) is 68.4 cm³/mol. The molecule has 0 aliphatic heterocycles. The summed E-state index contributed by atoms with van der Waals surface area (Å²) >= 11 is 3.34. The fraction of sp³-hybridized carbons (Fsp3) is 0.250. The van der Waals surface area contributed by atoms with Crippen molar-refractivity contribution in [3.63, 3.8) is 0 Å². The molecule has 2 nitrogen and oxygen atoms in total. The molecule has 3 heteroatoms. The van der Waals surface area contributed by atoms with Crippen LogP contribution in [0.2, 0.25) is 0 Å². The highest BCUT2D eigenvalue weighted by Crippen LogP contribution is 2.15. The first kappa shape index (κ1) is 12.0. The molecule has 1 aromatic heterocycles. The van der Waals surface area contributed by atoms with Gasteiger partial charge in [-0.1, -0.05) is 29.8 Å². The third-order valence-electron chi connectivity index (χ3n) is 2.03.